The van der Waals surface area contributed by atoms with Crippen LogP contribution in [0, 0.1) is 0 Å². The SMILES string of the molecule is O=S1(=O)CCC(Nc2ncnc3ccccc23)C1. The Balaban J connectivity index is 1.92. The van der Waals surface area contributed by atoms with E-state index in [9.17, 15) is 8.42 Å². The molecule has 0 aliphatic carbocycles. The molecule has 94 valence electrons. The predicted molar refractivity (Wildman–Crippen MR) is 70.2 cm³/mol. The second-order valence-corrected chi connectivity index (χ2v) is 6.71. The van der Waals surface area contributed by atoms with Gasteiger partial charge in [-0.1, -0.05) is 12.1 Å². The predicted octanol–water partition coefficient (Wildman–Crippen LogP) is 1.23. The highest BCUT2D eigenvalue weighted by Gasteiger charge is 2.28. The molecule has 0 bridgehead atoms. The van der Waals surface area contributed by atoms with Crippen molar-refractivity contribution >= 4 is 26.6 Å². The molecule has 1 N–H and O–H groups in total. The molecule has 0 saturated carbocycles. The van der Waals surface area contributed by atoms with Crippen molar-refractivity contribution in [2.24, 2.45) is 0 Å². The van der Waals surface area contributed by atoms with Crippen LogP contribution in [0.5, 0.6) is 0 Å². The van der Waals surface area contributed by atoms with Crippen LogP contribution < -0.4 is 5.32 Å². The number of sulfone groups is 1. The molecule has 2 heterocycles. The first-order valence-electron chi connectivity index (χ1n) is 5.81. The van der Waals surface area contributed by atoms with Crippen LogP contribution in [0.3, 0.4) is 0 Å². The molecule has 1 aliphatic rings. The van der Waals surface area contributed by atoms with Crippen LogP contribution in [0.4, 0.5) is 5.82 Å². The molecule has 1 saturated heterocycles. The van der Waals surface area contributed by atoms with Crippen molar-refractivity contribution in [3.63, 3.8) is 0 Å². The number of nitrogens with one attached hydrogen (secondary N) is 1. The number of hydrogen-bond acceptors (Lipinski definition) is 5. The van der Waals surface area contributed by atoms with E-state index < -0.39 is 9.84 Å². The van der Waals surface area contributed by atoms with Gasteiger partial charge in [-0.2, -0.15) is 0 Å². The van der Waals surface area contributed by atoms with Crippen molar-refractivity contribution < 1.29 is 8.42 Å². The van der Waals surface area contributed by atoms with Gasteiger partial charge in [0.05, 0.1) is 17.0 Å². The Labute approximate surface area is 105 Å². The van der Waals surface area contributed by atoms with Gasteiger partial charge in [-0.3, -0.25) is 0 Å². The molecular weight excluding hydrogens is 250 g/mol. The van der Waals surface area contributed by atoms with Gasteiger partial charge in [0.15, 0.2) is 9.84 Å². The van der Waals surface area contributed by atoms with Crippen molar-refractivity contribution in [2.75, 3.05) is 16.8 Å². The zero-order valence-corrected chi connectivity index (χ0v) is 10.5. The van der Waals surface area contributed by atoms with Crippen molar-refractivity contribution in [1.29, 1.82) is 0 Å². The highest BCUT2D eigenvalue weighted by Crippen LogP contribution is 2.22. The molecule has 0 radical (unpaired) electrons. The first-order chi connectivity index (χ1) is 8.64. The van der Waals surface area contributed by atoms with Crippen LogP contribution in [0.1, 0.15) is 6.42 Å². The second kappa shape index (κ2) is 4.20. The van der Waals surface area contributed by atoms with Crippen LogP contribution in [0.25, 0.3) is 10.9 Å². The molecule has 1 atom stereocenters. The van der Waals surface area contributed by atoms with Gasteiger partial charge in [0, 0.05) is 11.4 Å². The molecule has 6 heteroatoms. The molecule has 1 aromatic heterocycles. The van der Waals surface area contributed by atoms with Gasteiger partial charge in [0.25, 0.3) is 0 Å². The number of benzene rings is 1. The Morgan fingerprint density at radius 2 is 2.06 bits per heavy atom. The minimum atomic E-state index is -2.87. The number of fused-ring (bicyclic) bond motifs is 1. The van der Waals surface area contributed by atoms with Crippen LogP contribution in [0.15, 0.2) is 30.6 Å². The van der Waals surface area contributed by atoms with Crippen LogP contribution in [-0.4, -0.2) is 35.9 Å². The Morgan fingerprint density at radius 1 is 1.22 bits per heavy atom. The van der Waals surface area contributed by atoms with Gasteiger partial charge < -0.3 is 5.32 Å². The number of aromatic nitrogens is 2. The average Bonchev–Trinajstić information content (AvgIpc) is 2.69. The molecule has 2 aromatic rings. The highest BCUT2D eigenvalue weighted by atomic mass is 32.2. The molecule has 3 rings (SSSR count). The Hall–Kier alpha value is -1.69. The monoisotopic (exact) mass is 263 g/mol. The molecule has 18 heavy (non-hydrogen) atoms. The molecule has 0 amide bonds. The summed E-state index contributed by atoms with van der Waals surface area (Å²) in [7, 11) is -2.87. The van der Waals surface area contributed by atoms with Gasteiger partial charge in [-0.05, 0) is 18.6 Å². The van der Waals surface area contributed by atoms with Crippen molar-refractivity contribution in [2.45, 2.75) is 12.5 Å². The van der Waals surface area contributed by atoms with Gasteiger partial charge in [-0.25, -0.2) is 18.4 Å². The third kappa shape index (κ3) is 2.15. The van der Waals surface area contributed by atoms with E-state index in [-0.39, 0.29) is 17.5 Å². The summed E-state index contributed by atoms with van der Waals surface area (Å²) >= 11 is 0. The Bertz CT molecular complexity index is 679. The summed E-state index contributed by atoms with van der Waals surface area (Å²) in [5.41, 5.74) is 0.857. The van der Waals surface area contributed by atoms with E-state index in [2.05, 4.69) is 15.3 Å². The van der Waals surface area contributed by atoms with Gasteiger partial charge >= 0.3 is 0 Å². The van der Waals surface area contributed by atoms with E-state index in [4.69, 9.17) is 0 Å². The zero-order valence-electron chi connectivity index (χ0n) is 9.70. The third-order valence-electron chi connectivity index (χ3n) is 3.12. The average molecular weight is 263 g/mol. The summed E-state index contributed by atoms with van der Waals surface area (Å²) in [6.07, 6.45) is 2.13. The van der Waals surface area contributed by atoms with E-state index in [0.29, 0.717) is 12.2 Å². The lowest BCUT2D eigenvalue weighted by molar-refractivity contribution is 0.602. The van der Waals surface area contributed by atoms with Crippen LogP contribution in [-0.2, 0) is 9.84 Å². The molecule has 0 spiro atoms. The van der Waals surface area contributed by atoms with Gasteiger partial charge in [-0.15, -0.1) is 0 Å². The zero-order chi connectivity index (χ0) is 12.6. The standard InChI is InChI=1S/C12H13N3O2S/c16-18(17)6-5-9(7-18)15-12-10-3-1-2-4-11(10)13-8-14-12/h1-4,8-9H,5-7H2,(H,13,14,15). The maximum atomic E-state index is 11.4. The Kier molecular flexibility index (Phi) is 2.66. The normalized spacial score (nSPS) is 22.1. The first kappa shape index (κ1) is 11.4. The minimum Gasteiger partial charge on any atom is -0.366 e. The lowest BCUT2D eigenvalue weighted by Crippen LogP contribution is -2.21. The fourth-order valence-corrected chi connectivity index (χ4v) is 3.90. The molecular formula is C12H13N3O2S. The maximum Gasteiger partial charge on any atom is 0.152 e. The fraction of sp³-hybridized carbons (Fsp3) is 0.333. The molecule has 1 fully saturated rings. The second-order valence-electron chi connectivity index (χ2n) is 4.48. The Morgan fingerprint density at radius 3 is 2.83 bits per heavy atom. The topological polar surface area (TPSA) is 72.0 Å². The quantitative estimate of drug-likeness (QED) is 0.882. The van der Waals surface area contributed by atoms with Crippen molar-refractivity contribution in [3.8, 4) is 0 Å². The summed E-state index contributed by atoms with van der Waals surface area (Å²) in [6, 6.07) is 7.63. The highest BCUT2D eigenvalue weighted by molar-refractivity contribution is 7.91. The van der Waals surface area contributed by atoms with Crippen LogP contribution in [0.2, 0.25) is 0 Å². The number of hydrogen-bond donors (Lipinski definition) is 1. The lowest BCUT2D eigenvalue weighted by Gasteiger charge is -2.12. The first-order valence-corrected chi connectivity index (χ1v) is 7.63. The number of para-hydroxylation sites is 1. The van der Waals surface area contributed by atoms with Gasteiger partial charge in [0.2, 0.25) is 0 Å². The van der Waals surface area contributed by atoms with Crippen molar-refractivity contribution in [1.82, 2.24) is 9.97 Å². The largest absolute Gasteiger partial charge is 0.366 e. The van der Waals surface area contributed by atoms with E-state index in [1.165, 1.54) is 6.33 Å². The number of nitrogens with zero attached hydrogens (tertiary/aromatic N) is 2. The van der Waals surface area contributed by atoms with Crippen LogP contribution >= 0.6 is 0 Å². The minimum absolute atomic E-state index is 0.0479. The summed E-state index contributed by atoms with van der Waals surface area (Å²) in [5, 5.41) is 4.13. The maximum absolute atomic E-state index is 11.4. The van der Waals surface area contributed by atoms with E-state index in [0.717, 1.165) is 10.9 Å². The third-order valence-corrected chi connectivity index (χ3v) is 4.88. The molecule has 1 aliphatic heterocycles. The number of anilines is 1. The van der Waals surface area contributed by atoms with E-state index in [1.54, 1.807) is 0 Å². The smallest absolute Gasteiger partial charge is 0.152 e. The summed E-state index contributed by atoms with van der Waals surface area (Å²) < 4.78 is 22.8. The molecule has 1 aromatic carbocycles. The molecule has 1 unspecified atom stereocenters. The van der Waals surface area contributed by atoms with Gasteiger partial charge in [0.1, 0.15) is 12.1 Å². The van der Waals surface area contributed by atoms with E-state index in [1.807, 2.05) is 24.3 Å². The summed E-state index contributed by atoms with van der Waals surface area (Å²) in [4.78, 5) is 8.38. The molecule has 5 nitrogen and oxygen atoms in total. The fourth-order valence-electron chi connectivity index (χ4n) is 2.22. The van der Waals surface area contributed by atoms with E-state index >= 15 is 0 Å². The summed E-state index contributed by atoms with van der Waals surface area (Å²) in [5.74, 6) is 1.15. The summed E-state index contributed by atoms with van der Waals surface area (Å²) in [6.45, 7) is 0. The number of rotatable bonds is 2. The lowest BCUT2D eigenvalue weighted by atomic mass is 10.2. The van der Waals surface area contributed by atoms with Crippen molar-refractivity contribution in [3.05, 3.63) is 30.6 Å².